The molecule has 0 aliphatic rings. The van der Waals surface area contributed by atoms with Crippen molar-refractivity contribution in [2.45, 2.75) is 0 Å². The molecule has 0 bridgehead atoms. The number of aromatic nitrogens is 1. The third-order valence-electron chi connectivity index (χ3n) is 2.01. The summed E-state index contributed by atoms with van der Waals surface area (Å²) in [5, 5.41) is 11.5. The first kappa shape index (κ1) is 11.5. The smallest absolute Gasteiger partial charge is 0.359 e. The lowest BCUT2D eigenvalue weighted by Crippen LogP contribution is -1.96. The molecule has 7 heteroatoms. The van der Waals surface area contributed by atoms with E-state index >= 15 is 0 Å². The molecular formula is C10H4ClF2NO3. The number of hydrogen-bond acceptors (Lipinski definition) is 3. The number of carboxylic acid groups (broad SMARTS) is 1. The first-order chi connectivity index (χ1) is 8.00. The summed E-state index contributed by atoms with van der Waals surface area (Å²) >= 11 is 5.67. The van der Waals surface area contributed by atoms with Gasteiger partial charge in [-0.25, -0.2) is 13.6 Å². The van der Waals surface area contributed by atoms with E-state index in [4.69, 9.17) is 16.7 Å². The number of benzene rings is 1. The van der Waals surface area contributed by atoms with Gasteiger partial charge in [0.15, 0.2) is 5.76 Å². The molecule has 0 unspecified atom stereocenters. The Morgan fingerprint density at radius 2 is 2.12 bits per heavy atom. The van der Waals surface area contributed by atoms with Gasteiger partial charge in [0.2, 0.25) is 5.69 Å². The van der Waals surface area contributed by atoms with Crippen molar-refractivity contribution in [2.24, 2.45) is 0 Å². The Morgan fingerprint density at radius 3 is 2.65 bits per heavy atom. The molecule has 1 aromatic carbocycles. The van der Waals surface area contributed by atoms with Crippen molar-refractivity contribution < 1.29 is 23.2 Å². The molecule has 0 saturated carbocycles. The van der Waals surface area contributed by atoms with E-state index in [1.165, 1.54) is 0 Å². The number of carbonyl (C=O) groups is 1. The van der Waals surface area contributed by atoms with Gasteiger partial charge >= 0.3 is 5.97 Å². The molecule has 0 aliphatic heterocycles. The zero-order valence-corrected chi connectivity index (χ0v) is 8.83. The molecule has 1 heterocycles. The van der Waals surface area contributed by atoms with E-state index in [0.717, 1.165) is 12.1 Å². The zero-order valence-electron chi connectivity index (χ0n) is 8.08. The highest BCUT2D eigenvalue weighted by Crippen LogP contribution is 2.32. The minimum absolute atomic E-state index is 0.156. The summed E-state index contributed by atoms with van der Waals surface area (Å²) in [6.07, 6.45) is 0. The lowest BCUT2D eigenvalue weighted by molar-refractivity contribution is 0.0686. The molecule has 88 valence electrons. The van der Waals surface area contributed by atoms with Crippen LogP contribution >= 0.6 is 11.6 Å². The lowest BCUT2D eigenvalue weighted by Gasteiger charge is -1.98. The molecule has 4 nitrogen and oxygen atoms in total. The van der Waals surface area contributed by atoms with E-state index in [2.05, 4.69) is 9.68 Å². The molecule has 2 rings (SSSR count). The number of nitrogens with zero attached hydrogens (tertiary/aromatic N) is 1. The van der Waals surface area contributed by atoms with E-state index in [9.17, 15) is 13.6 Å². The number of carboxylic acids is 1. The van der Waals surface area contributed by atoms with Crippen molar-refractivity contribution >= 4 is 17.6 Å². The fraction of sp³-hybridized carbons (Fsp3) is 0. The fourth-order valence-corrected chi connectivity index (χ4v) is 1.50. The molecule has 0 amide bonds. The summed E-state index contributed by atoms with van der Waals surface area (Å²) < 4.78 is 30.7. The highest BCUT2D eigenvalue weighted by molar-refractivity contribution is 6.35. The molecule has 0 radical (unpaired) electrons. The van der Waals surface area contributed by atoms with Crippen molar-refractivity contribution in [1.82, 2.24) is 5.16 Å². The van der Waals surface area contributed by atoms with Crippen LogP contribution in [0.5, 0.6) is 0 Å². The molecule has 0 spiro atoms. The molecular weight excluding hydrogens is 256 g/mol. The van der Waals surface area contributed by atoms with Crippen LogP contribution in [0.1, 0.15) is 10.5 Å². The van der Waals surface area contributed by atoms with E-state index < -0.39 is 23.3 Å². The third kappa shape index (κ3) is 1.99. The number of hydrogen-bond donors (Lipinski definition) is 1. The van der Waals surface area contributed by atoms with Crippen LogP contribution in [-0.4, -0.2) is 16.2 Å². The van der Waals surface area contributed by atoms with Crippen LogP contribution in [0, 0.1) is 11.6 Å². The summed E-state index contributed by atoms with van der Waals surface area (Å²) in [5.74, 6) is -3.32. The fourth-order valence-electron chi connectivity index (χ4n) is 1.25. The molecule has 1 aromatic heterocycles. The first-order valence-corrected chi connectivity index (χ1v) is 4.72. The monoisotopic (exact) mass is 259 g/mol. The maximum absolute atomic E-state index is 13.4. The Hall–Kier alpha value is -1.95. The second-order valence-electron chi connectivity index (χ2n) is 3.10. The van der Waals surface area contributed by atoms with Crippen molar-refractivity contribution in [3.05, 3.63) is 40.6 Å². The molecule has 0 aliphatic carbocycles. The Bertz CT molecular complexity index is 597. The maximum atomic E-state index is 13.4. The van der Waals surface area contributed by atoms with Gasteiger partial charge in [0.1, 0.15) is 16.7 Å². The zero-order chi connectivity index (χ0) is 12.6. The topological polar surface area (TPSA) is 63.3 Å². The molecule has 1 N–H and O–H groups in total. The molecule has 0 atom stereocenters. The van der Waals surface area contributed by atoms with E-state index in [1.807, 2.05) is 0 Å². The van der Waals surface area contributed by atoms with Crippen molar-refractivity contribution in [3.8, 4) is 11.3 Å². The van der Waals surface area contributed by atoms with Gasteiger partial charge in [0.05, 0.1) is 5.56 Å². The molecule has 2 aromatic rings. The Labute approximate surface area is 98.4 Å². The predicted octanol–water partition coefficient (Wildman–Crippen LogP) is 2.97. The van der Waals surface area contributed by atoms with Crippen LogP contribution < -0.4 is 0 Å². The van der Waals surface area contributed by atoms with Crippen LogP contribution in [0.4, 0.5) is 8.78 Å². The van der Waals surface area contributed by atoms with Crippen LogP contribution in [0.25, 0.3) is 11.3 Å². The van der Waals surface area contributed by atoms with Crippen molar-refractivity contribution in [1.29, 1.82) is 0 Å². The lowest BCUT2D eigenvalue weighted by atomic mass is 10.1. The summed E-state index contributed by atoms with van der Waals surface area (Å²) in [6.45, 7) is 0. The summed E-state index contributed by atoms with van der Waals surface area (Å²) in [7, 11) is 0. The maximum Gasteiger partial charge on any atom is 0.359 e. The van der Waals surface area contributed by atoms with Gasteiger partial charge in [-0.1, -0.05) is 16.8 Å². The van der Waals surface area contributed by atoms with Crippen LogP contribution in [0.15, 0.2) is 22.7 Å². The average Bonchev–Trinajstić information content (AvgIpc) is 2.60. The first-order valence-electron chi connectivity index (χ1n) is 4.34. The van der Waals surface area contributed by atoms with Gasteiger partial charge in [0, 0.05) is 6.07 Å². The standard InChI is InChI=1S/C10H4ClF2NO3/c11-7-8(10(15)16)14-17-9(7)5-2-1-4(12)3-6(5)13/h1-3H,(H,15,16). The second-order valence-corrected chi connectivity index (χ2v) is 3.48. The Balaban J connectivity index is 2.57. The quantitative estimate of drug-likeness (QED) is 0.900. The average molecular weight is 260 g/mol. The van der Waals surface area contributed by atoms with Gasteiger partial charge in [-0.15, -0.1) is 0 Å². The van der Waals surface area contributed by atoms with Gasteiger partial charge in [-0.2, -0.15) is 0 Å². The normalized spacial score (nSPS) is 10.5. The van der Waals surface area contributed by atoms with Gasteiger partial charge in [-0.3, -0.25) is 0 Å². The SMILES string of the molecule is O=C(O)c1noc(-c2ccc(F)cc2F)c1Cl. The summed E-state index contributed by atoms with van der Waals surface area (Å²) in [5.41, 5.74) is -0.679. The molecule has 0 fully saturated rings. The van der Waals surface area contributed by atoms with Gasteiger partial charge in [-0.05, 0) is 12.1 Å². The van der Waals surface area contributed by atoms with Crippen LogP contribution in [0.3, 0.4) is 0 Å². The third-order valence-corrected chi connectivity index (χ3v) is 2.36. The van der Waals surface area contributed by atoms with Gasteiger partial charge in [0.25, 0.3) is 0 Å². The predicted molar refractivity (Wildman–Crippen MR) is 53.8 cm³/mol. The minimum atomic E-state index is -1.40. The van der Waals surface area contributed by atoms with Crippen molar-refractivity contribution in [2.75, 3.05) is 0 Å². The van der Waals surface area contributed by atoms with Crippen LogP contribution in [-0.2, 0) is 0 Å². The van der Waals surface area contributed by atoms with E-state index in [-0.39, 0.29) is 16.3 Å². The highest BCUT2D eigenvalue weighted by Gasteiger charge is 2.22. The second kappa shape index (κ2) is 4.14. The van der Waals surface area contributed by atoms with E-state index in [0.29, 0.717) is 6.07 Å². The number of aromatic carboxylic acids is 1. The van der Waals surface area contributed by atoms with Gasteiger partial charge < -0.3 is 9.63 Å². The Kier molecular flexibility index (Phi) is 2.81. The van der Waals surface area contributed by atoms with E-state index in [1.54, 1.807) is 0 Å². The largest absolute Gasteiger partial charge is 0.476 e. The number of halogens is 3. The number of rotatable bonds is 2. The summed E-state index contributed by atoms with van der Waals surface area (Å²) in [6, 6.07) is 2.72. The molecule has 0 saturated heterocycles. The van der Waals surface area contributed by atoms with Crippen LogP contribution in [0.2, 0.25) is 5.02 Å². The minimum Gasteiger partial charge on any atom is -0.476 e. The molecule has 17 heavy (non-hydrogen) atoms. The summed E-state index contributed by atoms with van der Waals surface area (Å²) in [4.78, 5) is 10.6. The Morgan fingerprint density at radius 1 is 1.41 bits per heavy atom. The van der Waals surface area contributed by atoms with Crippen molar-refractivity contribution in [3.63, 3.8) is 0 Å². The highest BCUT2D eigenvalue weighted by atomic mass is 35.5.